The van der Waals surface area contributed by atoms with Crippen LogP contribution in [0.4, 0.5) is 37.7 Å². The number of anilines is 1. The summed E-state index contributed by atoms with van der Waals surface area (Å²) in [5.41, 5.74) is 1.12. The summed E-state index contributed by atoms with van der Waals surface area (Å²) >= 11 is 0. The first-order valence-corrected chi connectivity index (χ1v) is 21.5. The second kappa shape index (κ2) is 15.7. The number of nitrogens with zero attached hydrogens (tertiary/aromatic N) is 2. The van der Waals surface area contributed by atoms with Crippen molar-refractivity contribution in [3.8, 4) is 0 Å². The third-order valence-electron chi connectivity index (χ3n) is 13.9. The Bertz CT molecular complexity index is 2060. The Kier molecular flexibility index (Phi) is 11.4. The van der Waals surface area contributed by atoms with E-state index in [0.717, 1.165) is 76.3 Å². The van der Waals surface area contributed by atoms with Gasteiger partial charge in [0.1, 0.15) is 12.3 Å². The number of aliphatic hydroxyl groups is 1. The van der Waals surface area contributed by atoms with E-state index in [2.05, 4.69) is 37.2 Å². The van der Waals surface area contributed by atoms with Crippen molar-refractivity contribution in [2.75, 3.05) is 18.0 Å². The van der Waals surface area contributed by atoms with Crippen LogP contribution in [-0.4, -0.2) is 34.3 Å². The van der Waals surface area contributed by atoms with Gasteiger partial charge in [0.2, 0.25) is 11.5 Å². The molecule has 2 unspecified atom stereocenters. The summed E-state index contributed by atoms with van der Waals surface area (Å²) in [6.07, 6.45) is 5.39. The molecule has 2 saturated carbocycles. The van der Waals surface area contributed by atoms with Crippen molar-refractivity contribution in [1.29, 1.82) is 0 Å². The predicted octanol–water partition coefficient (Wildman–Crippen LogP) is 13.3. The highest BCUT2D eigenvalue weighted by Gasteiger charge is 2.52. The molecule has 2 aromatic rings. The first-order chi connectivity index (χ1) is 27.2. The van der Waals surface area contributed by atoms with E-state index in [9.17, 15) is 36.2 Å². The molecule has 3 aliphatic carbocycles. The van der Waals surface area contributed by atoms with E-state index in [4.69, 9.17) is 0 Å². The molecule has 5 aliphatic rings. The molecule has 0 saturated heterocycles. The number of ketones is 1. The number of hydrogen-bond donors (Lipinski definition) is 1. The zero-order valence-electron chi connectivity index (χ0n) is 34.8. The minimum atomic E-state index is -4.52. The van der Waals surface area contributed by atoms with E-state index < -0.39 is 34.3 Å². The Balaban J connectivity index is 1.36. The Hall–Kier alpha value is -3.82. The molecular weight excluding hydrogens is 751 g/mol. The lowest BCUT2D eigenvalue weighted by Gasteiger charge is -2.34. The first kappa shape index (κ1) is 42.3. The zero-order chi connectivity index (χ0) is 41.9. The highest BCUT2D eigenvalue weighted by atomic mass is 19.4. The van der Waals surface area contributed by atoms with E-state index in [-0.39, 0.29) is 22.7 Å². The van der Waals surface area contributed by atoms with Gasteiger partial charge in [-0.3, -0.25) is 4.79 Å². The number of carbonyl (C=O) groups excluding carboxylic acids is 1. The van der Waals surface area contributed by atoms with Gasteiger partial charge >= 0.3 is 12.4 Å². The van der Waals surface area contributed by atoms with Crippen LogP contribution in [0.3, 0.4) is 0 Å². The summed E-state index contributed by atoms with van der Waals surface area (Å²) in [6, 6.07) is 7.95. The van der Waals surface area contributed by atoms with Crippen LogP contribution < -0.4 is 4.90 Å². The number of rotatable bonds is 12. The van der Waals surface area contributed by atoms with Crippen LogP contribution in [0.25, 0.3) is 0 Å². The maximum absolute atomic E-state index is 14.4. The normalized spacial score (nSPS) is 25.8. The monoisotopic (exact) mass is 809 g/mol. The van der Waals surface area contributed by atoms with E-state index >= 15 is 0 Å². The smallest absolute Gasteiger partial charge is 0.416 e. The average Bonchev–Trinajstić information content (AvgIpc) is 3.94. The summed E-state index contributed by atoms with van der Waals surface area (Å²) in [5, 5.41) is 11.9. The van der Waals surface area contributed by atoms with E-state index in [1.807, 2.05) is 13.8 Å². The third-order valence-corrected chi connectivity index (χ3v) is 13.9. The summed E-state index contributed by atoms with van der Waals surface area (Å²) in [7, 11) is 0. The van der Waals surface area contributed by atoms with Gasteiger partial charge in [0, 0.05) is 47.5 Å². The molecule has 4 nitrogen and oxygen atoms in total. The molecule has 0 amide bonds. The lowest BCUT2D eigenvalue weighted by Crippen LogP contribution is -2.36. The van der Waals surface area contributed by atoms with Gasteiger partial charge in [-0.1, -0.05) is 79.1 Å². The molecule has 0 bridgehead atoms. The molecule has 2 aliphatic heterocycles. The van der Waals surface area contributed by atoms with Gasteiger partial charge in [0.25, 0.3) is 0 Å². The second-order valence-corrected chi connectivity index (χ2v) is 19.1. The number of fused-ring (bicyclic) bond motifs is 2. The van der Waals surface area contributed by atoms with Gasteiger partial charge < -0.3 is 10.0 Å². The minimum absolute atomic E-state index is 0.110. The van der Waals surface area contributed by atoms with Crippen LogP contribution in [0, 0.1) is 23.7 Å². The van der Waals surface area contributed by atoms with Crippen molar-refractivity contribution < 1.29 is 40.8 Å². The fraction of sp³-hybridized carbons (Fsp3) is 0.583. The van der Waals surface area contributed by atoms with Gasteiger partial charge in [-0.25, -0.2) is 0 Å². The molecule has 0 aromatic heterocycles. The molecule has 314 valence electrons. The summed E-state index contributed by atoms with van der Waals surface area (Å²) in [6.45, 7) is 13.4. The number of alkyl halides is 6. The Morgan fingerprint density at radius 2 is 1.31 bits per heavy atom. The predicted molar refractivity (Wildman–Crippen MR) is 218 cm³/mol. The van der Waals surface area contributed by atoms with Crippen molar-refractivity contribution in [1.82, 2.24) is 0 Å². The Labute approximate surface area is 339 Å². The highest BCUT2D eigenvalue weighted by Crippen LogP contribution is 2.55. The van der Waals surface area contributed by atoms with Gasteiger partial charge in [0.05, 0.1) is 27.7 Å². The third kappa shape index (κ3) is 7.82. The van der Waals surface area contributed by atoms with Crippen molar-refractivity contribution in [3.05, 3.63) is 93.4 Å². The lowest BCUT2D eigenvalue weighted by atomic mass is 9.70. The number of benzene rings is 2. The second-order valence-electron chi connectivity index (χ2n) is 19.1. The minimum Gasteiger partial charge on any atom is -0.506 e. The van der Waals surface area contributed by atoms with Gasteiger partial charge in [-0.2, -0.15) is 30.9 Å². The van der Waals surface area contributed by atoms with Gasteiger partial charge in [-0.15, -0.1) is 0 Å². The van der Waals surface area contributed by atoms with E-state index in [1.165, 1.54) is 12.1 Å². The number of allylic oxidation sites excluding steroid dienone is 5. The standard InChI is InChI=1S/C48H58F6N2O2/c1-29(2)19-21-55-39-17-15-33(47(49,50)51)23-37(39)45(5,27-31-11-7-8-12-31)41(55)25-35-43(57)36(44(35)58)26-42-46(6,28-32-13-9-10-14-32)38-24-34(48(52,53)54)16-18-40(38)56(42)22-20-30(3)4/h15-18,23-26,29-32H,7-14,19-22,27-28H2,1-6H3/p+1. The molecule has 2 atom stereocenters. The number of halogens is 6. The van der Waals surface area contributed by atoms with Gasteiger partial charge in [-0.05, 0) is 98.8 Å². The number of hydrogen-bond acceptors (Lipinski definition) is 3. The molecule has 2 fully saturated rings. The highest BCUT2D eigenvalue weighted by molar-refractivity contribution is 6.24. The summed E-state index contributed by atoms with van der Waals surface area (Å²) in [5.74, 6) is 0.668. The first-order valence-electron chi connectivity index (χ1n) is 21.5. The molecule has 2 heterocycles. The van der Waals surface area contributed by atoms with Crippen molar-refractivity contribution in [2.45, 2.75) is 142 Å². The molecule has 0 radical (unpaired) electrons. The number of aliphatic hydroxyl groups excluding tert-OH is 1. The molecule has 2 aromatic carbocycles. The lowest BCUT2D eigenvalue weighted by molar-refractivity contribution is -0.439. The summed E-state index contributed by atoms with van der Waals surface area (Å²) < 4.78 is 87.4. The van der Waals surface area contributed by atoms with Crippen LogP contribution in [0.5, 0.6) is 0 Å². The topological polar surface area (TPSA) is 43.5 Å². The molecule has 10 heteroatoms. The van der Waals surface area contributed by atoms with Gasteiger partial charge in [0.15, 0.2) is 5.71 Å². The van der Waals surface area contributed by atoms with E-state index in [0.29, 0.717) is 83.5 Å². The van der Waals surface area contributed by atoms with Crippen molar-refractivity contribution in [3.63, 3.8) is 0 Å². The van der Waals surface area contributed by atoms with Crippen LogP contribution in [0.1, 0.15) is 141 Å². The SMILES string of the molecule is CC(C)CCN1/C(=C\C2=C(O)C(=C\C3=[N+](CCC(C)C)c4ccc(C(F)(F)F)cc4C3(C)CC3CCCC3)/C2=O)C(C)(CC2CCCC2)c2cc(C(F)(F)F)ccc21. The van der Waals surface area contributed by atoms with Crippen LogP contribution >= 0.6 is 0 Å². The largest absolute Gasteiger partial charge is 0.506 e. The quantitative estimate of drug-likeness (QED) is 0.132. The maximum Gasteiger partial charge on any atom is 0.416 e. The maximum atomic E-state index is 14.4. The van der Waals surface area contributed by atoms with Crippen LogP contribution in [0.15, 0.2) is 71.2 Å². The fourth-order valence-electron chi connectivity index (χ4n) is 10.6. The van der Waals surface area contributed by atoms with Crippen LogP contribution in [-0.2, 0) is 28.0 Å². The molecule has 1 N–H and O–H groups in total. The molecular formula is C48H59F6N2O2+. The fourth-order valence-corrected chi connectivity index (χ4v) is 10.6. The van der Waals surface area contributed by atoms with E-state index in [1.54, 1.807) is 24.3 Å². The zero-order valence-corrected chi connectivity index (χ0v) is 34.8. The average molecular weight is 810 g/mol. The molecule has 58 heavy (non-hydrogen) atoms. The summed E-state index contributed by atoms with van der Waals surface area (Å²) in [4.78, 5) is 16.5. The number of Topliss-reactive ketones (excluding diaryl/α,β-unsaturated/α-hetero) is 1. The van der Waals surface area contributed by atoms with Crippen molar-refractivity contribution >= 4 is 22.9 Å². The Morgan fingerprint density at radius 3 is 1.84 bits per heavy atom. The molecule has 7 rings (SSSR count). The number of carbonyl (C=O) groups is 1. The molecule has 0 spiro atoms. The van der Waals surface area contributed by atoms with Crippen molar-refractivity contribution in [2.24, 2.45) is 23.7 Å². The Morgan fingerprint density at radius 1 is 0.776 bits per heavy atom. The van der Waals surface area contributed by atoms with Crippen LogP contribution in [0.2, 0.25) is 0 Å².